The Morgan fingerprint density at radius 1 is 1.70 bits per heavy atom. The monoisotopic (exact) mass is 140 g/mol. The maximum atomic E-state index is 9.79. The van der Waals surface area contributed by atoms with E-state index in [9.17, 15) is 5.11 Å². The Balaban J connectivity index is 2.54. The average Bonchev–Trinajstić information content (AvgIpc) is 2.12. The highest BCUT2D eigenvalue weighted by atomic mass is 16.3. The summed E-state index contributed by atoms with van der Waals surface area (Å²) in [5.74, 6) is 0. The lowest BCUT2D eigenvalue weighted by atomic mass is 9.98. The molecule has 0 aromatic carbocycles. The molecule has 0 saturated carbocycles. The minimum absolute atomic E-state index is 0.446. The zero-order valence-electron chi connectivity index (χ0n) is 6.85. The van der Waals surface area contributed by atoms with Crippen molar-refractivity contribution >= 4 is 0 Å². The number of hydrogen-bond donors (Lipinski definition) is 1. The molecule has 0 amide bonds. The fraction of sp³-hybridized carbons (Fsp3) is 0.778. The summed E-state index contributed by atoms with van der Waals surface area (Å²) in [6.45, 7) is 4.20. The second-order valence-electron chi connectivity index (χ2n) is 3.34. The van der Waals surface area contributed by atoms with Gasteiger partial charge in [0.2, 0.25) is 0 Å². The standard InChI is InChI=1S/C9H16O/c1-3-5-9(10)6-4-8(2)7-9/h7,10H,3-6H2,1-2H3. The largest absolute Gasteiger partial charge is 0.386 e. The van der Waals surface area contributed by atoms with Crippen LogP contribution in [0.4, 0.5) is 0 Å². The molecule has 0 bridgehead atoms. The van der Waals surface area contributed by atoms with Gasteiger partial charge in [-0.3, -0.25) is 0 Å². The van der Waals surface area contributed by atoms with Crippen molar-refractivity contribution in [3.63, 3.8) is 0 Å². The Morgan fingerprint density at radius 2 is 2.40 bits per heavy atom. The smallest absolute Gasteiger partial charge is 0.0833 e. The van der Waals surface area contributed by atoms with Gasteiger partial charge in [-0.25, -0.2) is 0 Å². The number of rotatable bonds is 2. The van der Waals surface area contributed by atoms with Crippen molar-refractivity contribution in [3.05, 3.63) is 11.6 Å². The lowest BCUT2D eigenvalue weighted by Crippen LogP contribution is -2.21. The number of allylic oxidation sites excluding steroid dienone is 1. The van der Waals surface area contributed by atoms with Gasteiger partial charge in [-0.1, -0.05) is 25.0 Å². The van der Waals surface area contributed by atoms with Crippen LogP contribution in [-0.2, 0) is 0 Å². The van der Waals surface area contributed by atoms with Gasteiger partial charge >= 0.3 is 0 Å². The third-order valence-electron chi connectivity index (χ3n) is 2.15. The van der Waals surface area contributed by atoms with Crippen LogP contribution in [0.25, 0.3) is 0 Å². The molecule has 1 nitrogen and oxygen atoms in total. The summed E-state index contributed by atoms with van der Waals surface area (Å²) in [5, 5.41) is 9.79. The van der Waals surface area contributed by atoms with Crippen LogP contribution in [0.3, 0.4) is 0 Å². The summed E-state index contributed by atoms with van der Waals surface area (Å²) >= 11 is 0. The van der Waals surface area contributed by atoms with E-state index in [1.54, 1.807) is 0 Å². The maximum absolute atomic E-state index is 9.79. The predicted octanol–water partition coefficient (Wildman–Crippen LogP) is 2.26. The second kappa shape index (κ2) is 2.75. The van der Waals surface area contributed by atoms with Gasteiger partial charge in [0, 0.05) is 0 Å². The molecule has 58 valence electrons. The second-order valence-corrected chi connectivity index (χ2v) is 3.34. The molecule has 1 heteroatoms. The van der Waals surface area contributed by atoms with Gasteiger partial charge in [-0.05, 0) is 26.2 Å². The quantitative estimate of drug-likeness (QED) is 0.583. The molecule has 1 atom stereocenters. The third kappa shape index (κ3) is 1.60. The molecule has 1 N–H and O–H groups in total. The highest BCUT2D eigenvalue weighted by Crippen LogP contribution is 2.31. The Morgan fingerprint density at radius 3 is 2.80 bits per heavy atom. The first-order chi connectivity index (χ1) is 4.66. The molecular formula is C9H16O. The van der Waals surface area contributed by atoms with Gasteiger partial charge in [0.15, 0.2) is 0 Å². The van der Waals surface area contributed by atoms with E-state index in [0.29, 0.717) is 0 Å². The molecule has 0 spiro atoms. The van der Waals surface area contributed by atoms with Crippen LogP contribution < -0.4 is 0 Å². The van der Waals surface area contributed by atoms with Gasteiger partial charge in [-0.15, -0.1) is 0 Å². The Labute approximate surface area is 62.8 Å². The third-order valence-corrected chi connectivity index (χ3v) is 2.15. The van der Waals surface area contributed by atoms with Crippen molar-refractivity contribution in [3.8, 4) is 0 Å². The summed E-state index contributed by atoms with van der Waals surface area (Å²) in [4.78, 5) is 0. The fourth-order valence-corrected chi connectivity index (χ4v) is 1.65. The van der Waals surface area contributed by atoms with Gasteiger partial charge in [0.1, 0.15) is 0 Å². The zero-order chi connectivity index (χ0) is 7.61. The molecule has 0 heterocycles. The van der Waals surface area contributed by atoms with E-state index >= 15 is 0 Å². The first-order valence-electron chi connectivity index (χ1n) is 4.07. The number of hydrogen-bond acceptors (Lipinski definition) is 1. The van der Waals surface area contributed by atoms with Gasteiger partial charge in [0.05, 0.1) is 5.60 Å². The highest BCUT2D eigenvalue weighted by molar-refractivity contribution is 5.16. The van der Waals surface area contributed by atoms with E-state index in [-0.39, 0.29) is 0 Å². The topological polar surface area (TPSA) is 20.2 Å². The highest BCUT2D eigenvalue weighted by Gasteiger charge is 2.27. The summed E-state index contributed by atoms with van der Waals surface area (Å²) in [5.41, 5.74) is 0.898. The van der Waals surface area contributed by atoms with Crippen LogP contribution >= 0.6 is 0 Å². The normalized spacial score (nSPS) is 32.5. The van der Waals surface area contributed by atoms with Gasteiger partial charge < -0.3 is 5.11 Å². The lowest BCUT2D eigenvalue weighted by Gasteiger charge is -2.18. The lowest BCUT2D eigenvalue weighted by molar-refractivity contribution is 0.0807. The minimum Gasteiger partial charge on any atom is -0.386 e. The molecule has 1 unspecified atom stereocenters. The maximum Gasteiger partial charge on any atom is 0.0833 e. The van der Waals surface area contributed by atoms with Crippen molar-refractivity contribution in [2.24, 2.45) is 0 Å². The molecule has 1 aliphatic carbocycles. The van der Waals surface area contributed by atoms with Crippen molar-refractivity contribution in [2.45, 2.75) is 45.1 Å². The molecule has 0 fully saturated rings. The van der Waals surface area contributed by atoms with Gasteiger partial charge in [0.25, 0.3) is 0 Å². The predicted molar refractivity (Wildman–Crippen MR) is 42.8 cm³/mol. The Kier molecular flexibility index (Phi) is 2.14. The molecule has 0 aromatic heterocycles. The molecular weight excluding hydrogens is 124 g/mol. The Hall–Kier alpha value is -0.300. The summed E-state index contributed by atoms with van der Waals surface area (Å²) in [6, 6.07) is 0. The molecule has 1 rings (SSSR count). The van der Waals surface area contributed by atoms with E-state index in [4.69, 9.17) is 0 Å². The van der Waals surface area contributed by atoms with Crippen LogP contribution in [0, 0.1) is 0 Å². The molecule has 0 saturated heterocycles. The van der Waals surface area contributed by atoms with Crippen molar-refractivity contribution in [1.82, 2.24) is 0 Å². The molecule has 0 radical (unpaired) electrons. The summed E-state index contributed by atoms with van der Waals surface area (Å²) in [6.07, 6.45) is 6.03. The Bertz CT molecular complexity index is 149. The molecule has 0 aliphatic heterocycles. The van der Waals surface area contributed by atoms with Crippen LogP contribution in [0.5, 0.6) is 0 Å². The first kappa shape index (κ1) is 7.80. The van der Waals surface area contributed by atoms with Crippen LogP contribution in [0.2, 0.25) is 0 Å². The molecule has 0 aromatic rings. The summed E-state index contributed by atoms with van der Waals surface area (Å²) < 4.78 is 0. The van der Waals surface area contributed by atoms with Crippen molar-refractivity contribution in [2.75, 3.05) is 0 Å². The van der Waals surface area contributed by atoms with E-state index in [1.807, 2.05) is 6.08 Å². The summed E-state index contributed by atoms with van der Waals surface area (Å²) in [7, 11) is 0. The van der Waals surface area contributed by atoms with Crippen LogP contribution in [0.15, 0.2) is 11.6 Å². The minimum atomic E-state index is -0.446. The van der Waals surface area contributed by atoms with Crippen molar-refractivity contribution in [1.29, 1.82) is 0 Å². The van der Waals surface area contributed by atoms with Gasteiger partial charge in [-0.2, -0.15) is 0 Å². The average molecular weight is 140 g/mol. The van der Waals surface area contributed by atoms with Crippen LogP contribution in [-0.4, -0.2) is 10.7 Å². The van der Waals surface area contributed by atoms with Crippen LogP contribution in [0.1, 0.15) is 39.5 Å². The van der Waals surface area contributed by atoms with E-state index in [1.165, 1.54) is 5.57 Å². The SMILES string of the molecule is CCCC1(O)C=C(C)CC1. The fourth-order valence-electron chi connectivity index (χ4n) is 1.65. The van der Waals surface area contributed by atoms with E-state index in [2.05, 4.69) is 13.8 Å². The molecule has 1 aliphatic rings. The first-order valence-corrected chi connectivity index (χ1v) is 4.07. The zero-order valence-corrected chi connectivity index (χ0v) is 6.85. The van der Waals surface area contributed by atoms with E-state index < -0.39 is 5.60 Å². The van der Waals surface area contributed by atoms with E-state index in [0.717, 1.165) is 25.7 Å². The van der Waals surface area contributed by atoms with Crippen molar-refractivity contribution < 1.29 is 5.11 Å². The molecule has 10 heavy (non-hydrogen) atoms. The number of aliphatic hydroxyl groups is 1.